The van der Waals surface area contributed by atoms with Gasteiger partial charge in [-0.15, -0.1) is 0 Å². The molecule has 0 fully saturated rings. The van der Waals surface area contributed by atoms with Gasteiger partial charge in [-0.1, -0.05) is 68.4 Å². The van der Waals surface area contributed by atoms with Gasteiger partial charge >= 0.3 is 5.97 Å². The third kappa shape index (κ3) is 4.50. The molecule has 4 nitrogen and oxygen atoms in total. The number of esters is 1. The molecule has 0 amide bonds. The zero-order valence-corrected chi connectivity index (χ0v) is 13.2. The number of hydrogen-bond acceptors (Lipinski definition) is 4. The maximum absolute atomic E-state index is 12.0. The van der Waals surface area contributed by atoms with Crippen LogP contribution in [0, 0.1) is 0 Å². The van der Waals surface area contributed by atoms with Crippen molar-refractivity contribution in [2.75, 3.05) is 6.61 Å². The zero-order chi connectivity index (χ0) is 16.8. The summed E-state index contributed by atoms with van der Waals surface area (Å²) in [5, 5.41) is 9.88. The largest absolute Gasteiger partial charge is 0.455 e. The van der Waals surface area contributed by atoms with Gasteiger partial charge in [0.15, 0.2) is 18.5 Å². The standard InChI is InChI=1S/C19H20O4/c1-13(2)14-8-10-15(11-9-14)17(20)12-23-19(22)18(21)16-6-4-3-5-7-16/h3-11,13,18,21H,12H2,1-2H3. The summed E-state index contributed by atoms with van der Waals surface area (Å²) in [6, 6.07) is 15.7. The molecular formula is C19H20O4. The van der Waals surface area contributed by atoms with Crippen molar-refractivity contribution in [1.82, 2.24) is 0 Å². The van der Waals surface area contributed by atoms with Gasteiger partial charge in [0.1, 0.15) is 0 Å². The monoisotopic (exact) mass is 312 g/mol. The highest BCUT2D eigenvalue weighted by Gasteiger charge is 2.20. The first kappa shape index (κ1) is 16.9. The average Bonchev–Trinajstić information content (AvgIpc) is 2.59. The topological polar surface area (TPSA) is 63.6 Å². The summed E-state index contributed by atoms with van der Waals surface area (Å²) in [7, 11) is 0. The van der Waals surface area contributed by atoms with Crippen LogP contribution in [-0.4, -0.2) is 23.5 Å². The first-order valence-corrected chi connectivity index (χ1v) is 7.52. The lowest BCUT2D eigenvalue weighted by molar-refractivity contribution is -0.152. The van der Waals surface area contributed by atoms with Crippen molar-refractivity contribution in [3.8, 4) is 0 Å². The van der Waals surface area contributed by atoms with Gasteiger partial charge in [-0.05, 0) is 17.0 Å². The van der Waals surface area contributed by atoms with E-state index in [1.165, 1.54) is 0 Å². The number of aliphatic hydroxyl groups excluding tert-OH is 1. The van der Waals surface area contributed by atoms with E-state index in [9.17, 15) is 14.7 Å². The Morgan fingerprint density at radius 2 is 1.57 bits per heavy atom. The number of carbonyl (C=O) groups is 2. The molecule has 0 heterocycles. The Labute approximate surface area is 135 Å². The van der Waals surface area contributed by atoms with E-state index in [4.69, 9.17) is 4.74 Å². The maximum Gasteiger partial charge on any atom is 0.340 e. The van der Waals surface area contributed by atoms with Crippen LogP contribution in [0.1, 0.15) is 47.4 Å². The van der Waals surface area contributed by atoms with Crippen LogP contribution in [0.25, 0.3) is 0 Å². The molecule has 0 radical (unpaired) electrons. The predicted molar refractivity (Wildman–Crippen MR) is 87.2 cm³/mol. The average molecular weight is 312 g/mol. The second kappa shape index (κ2) is 7.70. The van der Waals surface area contributed by atoms with Crippen LogP contribution in [0.2, 0.25) is 0 Å². The highest BCUT2D eigenvalue weighted by molar-refractivity contribution is 5.98. The Morgan fingerprint density at radius 1 is 0.957 bits per heavy atom. The van der Waals surface area contributed by atoms with E-state index in [1.54, 1.807) is 42.5 Å². The molecule has 0 bridgehead atoms. The molecule has 1 atom stereocenters. The van der Waals surface area contributed by atoms with Crippen molar-refractivity contribution >= 4 is 11.8 Å². The Bertz CT molecular complexity index is 660. The Hall–Kier alpha value is -2.46. The van der Waals surface area contributed by atoms with Gasteiger partial charge in [0.05, 0.1) is 0 Å². The Morgan fingerprint density at radius 3 is 2.13 bits per heavy atom. The van der Waals surface area contributed by atoms with Gasteiger partial charge in [0, 0.05) is 5.56 Å². The minimum atomic E-state index is -1.38. The first-order chi connectivity index (χ1) is 11.0. The molecular weight excluding hydrogens is 292 g/mol. The van der Waals surface area contributed by atoms with Gasteiger partial charge in [-0.3, -0.25) is 4.79 Å². The molecule has 2 aromatic rings. The van der Waals surface area contributed by atoms with Crippen molar-refractivity contribution in [3.63, 3.8) is 0 Å². The van der Waals surface area contributed by atoms with Crippen molar-refractivity contribution in [3.05, 3.63) is 71.3 Å². The quantitative estimate of drug-likeness (QED) is 0.657. The summed E-state index contributed by atoms with van der Waals surface area (Å²) in [6.45, 7) is 3.76. The number of ether oxygens (including phenoxy) is 1. The van der Waals surface area contributed by atoms with Gasteiger partial charge in [0.25, 0.3) is 0 Å². The van der Waals surface area contributed by atoms with E-state index in [-0.39, 0.29) is 12.4 Å². The fraction of sp³-hybridized carbons (Fsp3) is 0.263. The molecule has 0 aliphatic heterocycles. The SMILES string of the molecule is CC(C)c1ccc(C(=O)COC(=O)C(O)c2ccccc2)cc1. The fourth-order valence-electron chi connectivity index (χ4n) is 2.12. The van der Waals surface area contributed by atoms with Crippen molar-refractivity contribution in [2.45, 2.75) is 25.9 Å². The molecule has 2 rings (SSSR count). The molecule has 0 saturated heterocycles. The van der Waals surface area contributed by atoms with E-state index < -0.39 is 12.1 Å². The third-order valence-electron chi connectivity index (χ3n) is 3.58. The lowest BCUT2D eigenvalue weighted by Gasteiger charge is -2.11. The van der Waals surface area contributed by atoms with Crippen LogP contribution < -0.4 is 0 Å². The summed E-state index contributed by atoms with van der Waals surface area (Å²) in [6.07, 6.45) is -1.38. The van der Waals surface area contributed by atoms with Crippen molar-refractivity contribution in [2.24, 2.45) is 0 Å². The second-order valence-electron chi connectivity index (χ2n) is 5.62. The Balaban J connectivity index is 1.92. The van der Waals surface area contributed by atoms with Crippen LogP contribution in [0.15, 0.2) is 54.6 Å². The molecule has 2 aromatic carbocycles. The van der Waals surface area contributed by atoms with E-state index in [0.717, 1.165) is 5.56 Å². The summed E-state index contributed by atoms with van der Waals surface area (Å²) in [4.78, 5) is 23.8. The lowest BCUT2D eigenvalue weighted by atomic mass is 10.0. The van der Waals surface area contributed by atoms with Gasteiger partial charge in [-0.25, -0.2) is 4.79 Å². The van der Waals surface area contributed by atoms with Crippen molar-refractivity contribution < 1.29 is 19.4 Å². The number of ketones is 1. The third-order valence-corrected chi connectivity index (χ3v) is 3.58. The molecule has 0 saturated carbocycles. The molecule has 4 heteroatoms. The van der Waals surface area contributed by atoms with Crippen LogP contribution in [0.3, 0.4) is 0 Å². The van der Waals surface area contributed by atoms with E-state index >= 15 is 0 Å². The van der Waals surface area contributed by atoms with E-state index in [1.807, 2.05) is 12.1 Å². The molecule has 0 aliphatic rings. The number of hydrogen-bond donors (Lipinski definition) is 1. The molecule has 120 valence electrons. The smallest absolute Gasteiger partial charge is 0.340 e. The molecule has 1 unspecified atom stereocenters. The summed E-state index contributed by atoms with van der Waals surface area (Å²) < 4.78 is 4.91. The minimum absolute atomic E-state index is 0.297. The Kier molecular flexibility index (Phi) is 5.66. The summed E-state index contributed by atoms with van der Waals surface area (Å²) in [5.41, 5.74) is 2.06. The van der Waals surface area contributed by atoms with Gasteiger partial charge in [0.2, 0.25) is 0 Å². The van der Waals surface area contributed by atoms with Crippen LogP contribution in [0.5, 0.6) is 0 Å². The van der Waals surface area contributed by atoms with Crippen LogP contribution in [-0.2, 0) is 9.53 Å². The van der Waals surface area contributed by atoms with Crippen molar-refractivity contribution in [1.29, 1.82) is 0 Å². The van der Waals surface area contributed by atoms with Gasteiger partial charge in [-0.2, -0.15) is 0 Å². The zero-order valence-electron chi connectivity index (χ0n) is 13.2. The summed E-state index contributed by atoms with van der Waals surface area (Å²) >= 11 is 0. The van der Waals surface area contributed by atoms with E-state index in [2.05, 4.69) is 13.8 Å². The maximum atomic E-state index is 12.0. The van der Waals surface area contributed by atoms with Gasteiger partial charge < -0.3 is 9.84 Å². The second-order valence-corrected chi connectivity index (χ2v) is 5.62. The number of rotatable bonds is 6. The number of carbonyl (C=O) groups excluding carboxylic acids is 2. The fourth-order valence-corrected chi connectivity index (χ4v) is 2.12. The number of aliphatic hydroxyl groups is 1. The number of benzene rings is 2. The van der Waals surface area contributed by atoms with Crippen LogP contribution >= 0.6 is 0 Å². The molecule has 1 N–H and O–H groups in total. The molecule has 0 aromatic heterocycles. The molecule has 0 aliphatic carbocycles. The minimum Gasteiger partial charge on any atom is -0.455 e. The molecule has 0 spiro atoms. The molecule has 23 heavy (non-hydrogen) atoms. The normalized spacial score (nSPS) is 12.0. The predicted octanol–water partition coefficient (Wildman–Crippen LogP) is 3.27. The number of Topliss-reactive ketones (excluding diaryl/α,β-unsaturated/α-hetero) is 1. The highest BCUT2D eigenvalue weighted by atomic mass is 16.5. The first-order valence-electron chi connectivity index (χ1n) is 7.52. The van der Waals surface area contributed by atoms with E-state index in [0.29, 0.717) is 17.0 Å². The highest BCUT2D eigenvalue weighted by Crippen LogP contribution is 2.16. The van der Waals surface area contributed by atoms with Crippen LogP contribution in [0.4, 0.5) is 0 Å². The summed E-state index contributed by atoms with van der Waals surface area (Å²) in [5.74, 6) is -0.740. The lowest BCUT2D eigenvalue weighted by Crippen LogP contribution is -2.20.